The Morgan fingerprint density at radius 3 is 2.93 bits per heavy atom. The largest absolute Gasteiger partial charge is 0.493 e. The van der Waals surface area contributed by atoms with Gasteiger partial charge in [0.1, 0.15) is 0 Å². The van der Waals surface area contributed by atoms with Gasteiger partial charge in [-0.1, -0.05) is 17.7 Å². The average molecular weight is 209 g/mol. The van der Waals surface area contributed by atoms with E-state index in [9.17, 15) is 0 Å². The van der Waals surface area contributed by atoms with Crippen LogP contribution in [0.25, 0.3) is 5.69 Å². The molecule has 14 heavy (non-hydrogen) atoms. The zero-order valence-electron chi connectivity index (χ0n) is 7.64. The highest BCUT2D eigenvalue weighted by Gasteiger charge is 2.00. The number of benzene rings is 1. The number of halogens is 1. The highest BCUT2D eigenvalue weighted by Crippen LogP contribution is 2.16. The van der Waals surface area contributed by atoms with Crippen molar-refractivity contribution in [2.24, 2.45) is 0 Å². The number of aromatic nitrogens is 2. The molecule has 1 aromatic heterocycles. The summed E-state index contributed by atoms with van der Waals surface area (Å²) in [5.41, 5.74) is 0.917. The van der Waals surface area contributed by atoms with Crippen molar-refractivity contribution in [3.05, 3.63) is 41.7 Å². The average Bonchev–Trinajstić information content (AvgIpc) is 2.66. The first kappa shape index (κ1) is 9.09. The number of rotatable bonds is 2. The minimum Gasteiger partial charge on any atom is -0.493 e. The summed E-state index contributed by atoms with van der Waals surface area (Å²) in [5.74, 6) is 0.727. The lowest BCUT2D eigenvalue weighted by Crippen LogP contribution is -1.93. The van der Waals surface area contributed by atoms with Gasteiger partial charge in [-0.3, -0.25) is 0 Å². The molecule has 0 aliphatic carbocycles. The summed E-state index contributed by atoms with van der Waals surface area (Å²) in [6, 6.07) is 7.48. The summed E-state index contributed by atoms with van der Waals surface area (Å²) in [6.07, 6.45) is 3.45. The molecule has 0 fully saturated rings. The quantitative estimate of drug-likeness (QED) is 0.759. The van der Waals surface area contributed by atoms with Gasteiger partial charge in [-0.05, 0) is 18.2 Å². The summed E-state index contributed by atoms with van der Waals surface area (Å²) in [4.78, 5) is 0. The fraction of sp³-hybridized carbons (Fsp3) is 0.100. The molecule has 0 bridgehead atoms. The van der Waals surface area contributed by atoms with Crippen LogP contribution < -0.4 is 4.74 Å². The molecule has 0 aliphatic rings. The van der Waals surface area contributed by atoms with Crippen LogP contribution in [0, 0.1) is 0 Å². The molecule has 2 rings (SSSR count). The van der Waals surface area contributed by atoms with E-state index in [1.165, 1.54) is 0 Å². The predicted octanol–water partition coefficient (Wildman–Crippen LogP) is 2.53. The van der Waals surface area contributed by atoms with Gasteiger partial charge < -0.3 is 4.74 Å². The monoisotopic (exact) mass is 208 g/mol. The lowest BCUT2D eigenvalue weighted by Gasteiger charge is -2.00. The van der Waals surface area contributed by atoms with Gasteiger partial charge in [0, 0.05) is 5.02 Å². The second-order valence-electron chi connectivity index (χ2n) is 2.80. The van der Waals surface area contributed by atoms with E-state index < -0.39 is 0 Å². The lowest BCUT2D eigenvalue weighted by atomic mass is 10.3. The van der Waals surface area contributed by atoms with Crippen LogP contribution in [0.3, 0.4) is 0 Å². The van der Waals surface area contributed by atoms with E-state index >= 15 is 0 Å². The Bertz CT molecular complexity index is 439. The third-order valence-corrected chi connectivity index (χ3v) is 2.10. The number of hydrogen-bond acceptors (Lipinski definition) is 2. The summed E-state index contributed by atoms with van der Waals surface area (Å²) < 4.78 is 6.74. The minimum atomic E-state index is 0.692. The Morgan fingerprint density at radius 1 is 1.43 bits per heavy atom. The molecule has 0 spiro atoms. The Labute approximate surface area is 86.9 Å². The molecule has 0 saturated carbocycles. The maximum absolute atomic E-state index is 5.86. The standard InChI is InChI=1S/C10H9ClN2O/c1-14-10-6-12-13(7-10)9-4-2-3-8(11)5-9/h2-7H,1H3. The van der Waals surface area contributed by atoms with Crippen molar-refractivity contribution in [2.45, 2.75) is 0 Å². The highest BCUT2D eigenvalue weighted by molar-refractivity contribution is 6.30. The highest BCUT2D eigenvalue weighted by atomic mass is 35.5. The molecule has 0 saturated heterocycles. The molecule has 0 atom stereocenters. The van der Waals surface area contributed by atoms with Crippen LogP contribution in [0.1, 0.15) is 0 Å². The van der Waals surface area contributed by atoms with Gasteiger partial charge in [0.15, 0.2) is 5.75 Å². The maximum atomic E-state index is 5.86. The van der Waals surface area contributed by atoms with Crippen molar-refractivity contribution in [1.82, 2.24) is 9.78 Å². The summed E-state index contributed by atoms with van der Waals surface area (Å²) in [5, 5.41) is 4.82. The Kier molecular flexibility index (Phi) is 2.41. The van der Waals surface area contributed by atoms with Gasteiger partial charge in [-0.15, -0.1) is 0 Å². The second-order valence-corrected chi connectivity index (χ2v) is 3.24. The van der Waals surface area contributed by atoms with E-state index in [-0.39, 0.29) is 0 Å². The Hall–Kier alpha value is -1.48. The molecule has 1 aromatic carbocycles. The Balaban J connectivity index is 2.39. The third kappa shape index (κ3) is 1.72. The topological polar surface area (TPSA) is 27.1 Å². The fourth-order valence-corrected chi connectivity index (χ4v) is 1.36. The fourth-order valence-electron chi connectivity index (χ4n) is 1.17. The second kappa shape index (κ2) is 3.72. The van der Waals surface area contributed by atoms with E-state index in [0.29, 0.717) is 5.02 Å². The summed E-state index contributed by atoms with van der Waals surface area (Å²) in [6.45, 7) is 0. The van der Waals surface area contributed by atoms with Crippen LogP contribution in [0.2, 0.25) is 5.02 Å². The molecule has 72 valence electrons. The van der Waals surface area contributed by atoms with Crippen molar-refractivity contribution in [2.75, 3.05) is 7.11 Å². The molecule has 4 heteroatoms. The smallest absolute Gasteiger partial charge is 0.157 e. The molecule has 0 aliphatic heterocycles. The van der Waals surface area contributed by atoms with E-state index in [1.807, 2.05) is 24.3 Å². The third-order valence-electron chi connectivity index (χ3n) is 1.87. The van der Waals surface area contributed by atoms with Crippen LogP contribution in [0.5, 0.6) is 5.75 Å². The molecule has 3 nitrogen and oxygen atoms in total. The zero-order valence-corrected chi connectivity index (χ0v) is 8.40. The van der Waals surface area contributed by atoms with Gasteiger partial charge in [0.05, 0.1) is 25.2 Å². The minimum absolute atomic E-state index is 0.692. The predicted molar refractivity (Wildman–Crippen MR) is 55.1 cm³/mol. The molecule has 0 unspecified atom stereocenters. The first-order valence-electron chi connectivity index (χ1n) is 4.14. The van der Waals surface area contributed by atoms with Crippen molar-refractivity contribution in [1.29, 1.82) is 0 Å². The molecule has 0 amide bonds. The van der Waals surface area contributed by atoms with Gasteiger partial charge >= 0.3 is 0 Å². The SMILES string of the molecule is COc1cnn(-c2cccc(Cl)c2)c1. The van der Waals surface area contributed by atoms with Crippen molar-refractivity contribution >= 4 is 11.6 Å². The number of hydrogen-bond donors (Lipinski definition) is 0. The van der Waals surface area contributed by atoms with E-state index in [2.05, 4.69) is 5.10 Å². The Morgan fingerprint density at radius 2 is 2.29 bits per heavy atom. The van der Waals surface area contributed by atoms with Crippen LogP contribution in [-0.2, 0) is 0 Å². The maximum Gasteiger partial charge on any atom is 0.157 e. The molecular formula is C10H9ClN2O. The van der Waals surface area contributed by atoms with Crippen LogP contribution >= 0.6 is 11.6 Å². The molecular weight excluding hydrogens is 200 g/mol. The first-order valence-corrected chi connectivity index (χ1v) is 4.52. The zero-order chi connectivity index (χ0) is 9.97. The van der Waals surface area contributed by atoms with Gasteiger partial charge in [0.2, 0.25) is 0 Å². The molecule has 2 aromatic rings. The van der Waals surface area contributed by atoms with Gasteiger partial charge in [-0.2, -0.15) is 5.10 Å². The van der Waals surface area contributed by atoms with Crippen LogP contribution in [0.4, 0.5) is 0 Å². The van der Waals surface area contributed by atoms with E-state index in [4.69, 9.17) is 16.3 Å². The molecule has 0 radical (unpaired) electrons. The van der Waals surface area contributed by atoms with E-state index in [0.717, 1.165) is 11.4 Å². The number of ether oxygens (including phenoxy) is 1. The summed E-state index contributed by atoms with van der Waals surface area (Å²) >= 11 is 5.86. The molecule has 0 N–H and O–H groups in total. The van der Waals surface area contributed by atoms with Gasteiger partial charge in [-0.25, -0.2) is 4.68 Å². The van der Waals surface area contributed by atoms with Crippen molar-refractivity contribution in [3.63, 3.8) is 0 Å². The molecule has 1 heterocycles. The van der Waals surface area contributed by atoms with Crippen LogP contribution in [0.15, 0.2) is 36.7 Å². The van der Waals surface area contributed by atoms with Crippen molar-refractivity contribution < 1.29 is 4.74 Å². The van der Waals surface area contributed by atoms with Crippen LogP contribution in [-0.4, -0.2) is 16.9 Å². The normalized spacial score (nSPS) is 10.1. The van der Waals surface area contributed by atoms with Crippen molar-refractivity contribution in [3.8, 4) is 11.4 Å². The van der Waals surface area contributed by atoms with E-state index in [1.54, 1.807) is 24.2 Å². The number of methoxy groups -OCH3 is 1. The number of nitrogens with zero attached hydrogens (tertiary/aromatic N) is 2. The first-order chi connectivity index (χ1) is 6.79. The van der Waals surface area contributed by atoms with Gasteiger partial charge in [0.25, 0.3) is 0 Å². The summed E-state index contributed by atoms with van der Waals surface area (Å²) in [7, 11) is 1.61. The lowest BCUT2D eigenvalue weighted by molar-refractivity contribution is 0.414.